The molecule has 7 heteroatoms. The zero-order valence-electron chi connectivity index (χ0n) is 16.9. The molecule has 0 radical (unpaired) electrons. The zero-order chi connectivity index (χ0) is 20.0. The molecule has 3 aliphatic heterocycles. The topological polar surface area (TPSA) is 64.4 Å². The number of anilines is 2. The summed E-state index contributed by atoms with van der Waals surface area (Å²) in [5, 5.41) is 1.18. The number of aromatic nitrogens is 2. The van der Waals surface area contributed by atoms with Crippen molar-refractivity contribution in [3.8, 4) is 0 Å². The van der Waals surface area contributed by atoms with Crippen LogP contribution in [0, 0.1) is 0 Å². The van der Waals surface area contributed by atoms with Crippen molar-refractivity contribution in [3.63, 3.8) is 0 Å². The van der Waals surface area contributed by atoms with Crippen LogP contribution in [0.5, 0.6) is 0 Å². The Hall–Kier alpha value is -1.83. The molecule has 154 valence electrons. The van der Waals surface area contributed by atoms with Crippen LogP contribution in [0.15, 0.2) is 40.8 Å². The van der Waals surface area contributed by atoms with E-state index in [4.69, 9.17) is 5.73 Å². The Bertz CT molecular complexity index is 964. The number of pyridine rings is 1. The first kappa shape index (κ1) is 19.2. The van der Waals surface area contributed by atoms with E-state index in [0.29, 0.717) is 6.04 Å². The lowest BCUT2D eigenvalue weighted by molar-refractivity contribution is 0.348. The number of H-pyrrole nitrogens is 1. The molecule has 0 aliphatic carbocycles. The highest BCUT2D eigenvalue weighted by Gasteiger charge is 2.27. The SMILES string of the molecule is CN1CCC[C@@H]1C1=CN(c2c[nH]c3ncc(Br)c(N4CCCC(N)C4)c23)CC=C1. The number of halogens is 1. The lowest BCUT2D eigenvalue weighted by Gasteiger charge is -2.34. The van der Waals surface area contributed by atoms with Crippen LogP contribution in [0.25, 0.3) is 11.0 Å². The molecule has 2 saturated heterocycles. The Balaban J connectivity index is 1.56. The highest BCUT2D eigenvalue weighted by Crippen LogP contribution is 2.41. The van der Waals surface area contributed by atoms with Gasteiger partial charge >= 0.3 is 0 Å². The minimum atomic E-state index is 0.226. The van der Waals surface area contributed by atoms with Crippen LogP contribution in [0.2, 0.25) is 0 Å². The number of rotatable bonds is 3. The summed E-state index contributed by atoms with van der Waals surface area (Å²) in [5.41, 5.74) is 11.0. The van der Waals surface area contributed by atoms with Crippen molar-refractivity contribution in [3.05, 3.63) is 40.8 Å². The molecule has 3 N–H and O–H groups in total. The molecule has 3 aliphatic rings. The first-order chi connectivity index (χ1) is 14.1. The second-order valence-electron chi connectivity index (χ2n) is 8.52. The number of fused-ring (bicyclic) bond motifs is 1. The minimum absolute atomic E-state index is 0.226. The Morgan fingerprint density at radius 1 is 1.24 bits per heavy atom. The number of aromatic amines is 1. The van der Waals surface area contributed by atoms with Crippen molar-refractivity contribution in [1.82, 2.24) is 14.9 Å². The standard InChI is InChI=1S/C22H29BrN6/c1-27-8-4-7-18(27)15-5-2-9-28(13-15)19-12-26-22-20(19)21(17(23)11-25-22)29-10-3-6-16(24)14-29/h2,5,11-13,16,18H,3-4,6-10,14,24H2,1H3,(H,25,26)/t16?,18-/m1/s1. The third-order valence-corrected chi connectivity index (χ3v) is 7.09. The van der Waals surface area contributed by atoms with Gasteiger partial charge in [0.2, 0.25) is 0 Å². The summed E-state index contributed by atoms with van der Waals surface area (Å²) in [6, 6.07) is 0.743. The van der Waals surface area contributed by atoms with E-state index in [0.717, 1.165) is 42.6 Å². The Morgan fingerprint density at radius 3 is 2.90 bits per heavy atom. The summed E-state index contributed by atoms with van der Waals surface area (Å²) in [7, 11) is 2.23. The Kier molecular flexibility index (Phi) is 5.14. The fourth-order valence-electron chi connectivity index (χ4n) is 5.06. The van der Waals surface area contributed by atoms with Crippen molar-refractivity contribution in [2.75, 3.05) is 43.0 Å². The van der Waals surface area contributed by atoms with Crippen LogP contribution >= 0.6 is 15.9 Å². The second-order valence-corrected chi connectivity index (χ2v) is 9.38. The molecule has 0 amide bonds. The highest BCUT2D eigenvalue weighted by molar-refractivity contribution is 9.10. The van der Waals surface area contributed by atoms with Crippen LogP contribution in [0.4, 0.5) is 11.4 Å². The lowest BCUT2D eigenvalue weighted by Crippen LogP contribution is -2.43. The largest absolute Gasteiger partial charge is 0.368 e. The molecule has 0 aromatic carbocycles. The number of nitrogens with one attached hydrogen (secondary N) is 1. The van der Waals surface area contributed by atoms with E-state index in [1.54, 1.807) is 0 Å². The molecule has 2 aromatic rings. The first-order valence-corrected chi connectivity index (χ1v) is 11.4. The van der Waals surface area contributed by atoms with Gasteiger partial charge in [-0.2, -0.15) is 0 Å². The Labute approximate surface area is 180 Å². The van der Waals surface area contributed by atoms with Gasteiger partial charge in [0, 0.05) is 50.3 Å². The van der Waals surface area contributed by atoms with Crippen LogP contribution in [0.3, 0.4) is 0 Å². The summed E-state index contributed by atoms with van der Waals surface area (Å²) in [5.74, 6) is 0. The molecule has 5 rings (SSSR count). The zero-order valence-corrected chi connectivity index (χ0v) is 18.5. The molecule has 2 atom stereocenters. The van der Waals surface area contributed by atoms with Crippen molar-refractivity contribution in [1.29, 1.82) is 0 Å². The van der Waals surface area contributed by atoms with Crippen LogP contribution in [-0.4, -0.2) is 60.2 Å². The van der Waals surface area contributed by atoms with E-state index in [9.17, 15) is 0 Å². The van der Waals surface area contributed by atoms with Gasteiger partial charge in [-0.15, -0.1) is 0 Å². The third kappa shape index (κ3) is 3.49. The van der Waals surface area contributed by atoms with Gasteiger partial charge in [0.25, 0.3) is 0 Å². The maximum absolute atomic E-state index is 6.30. The van der Waals surface area contributed by atoms with Crippen molar-refractivity contribution < 1.29 is 0 Å². The molecule has 2 aromatic heterocycles. The Morgan fingerprint density at radius 2 is 2.10 bits per heavy atom. The molecular formula is C22H29BrN6. The van der Waals surface area contributed by atoms with Gasteiger partial charge in [-0.1, -0.05) is 12.2 Å². The summed E-state index contributed by atoms with van der Waals surface area (Å²) in [6.45, 7) is 3.97. The third-order valence-electron chi connectivity index (χ3n) is 6.51. The van der Waals surface area contributed by atoms with Gasteiger partial charge in [-0.3, -0.25) is 4.90 Å². The van der Waals surface area contributed by atoms with E-state index in [2.05, 4.69) is 72.2 Å². The quantitative estimate of drug-likeness (QED) is 0.738. The molecule has 2 fully saturated rings. The van der Waals surface area contributed by atoms with Gasteiger partial charge < -0.3 is 20.5 Å². The minimum Gasteiger partial charge on any atom is -0.368 e. The van der Waals surface area contributed by atoms with Gasteiger partial charge in [-0.25, -0.2) is 4.98 Å². The molecule has 1 unspecified atom stereocenters. The number of likely N-dealkylation sites (N-methyl/N-ethyl adjacent to an activating group) is 1. The van der Waals surface area contributed by atoms with Crippen LogP contribution in [-0.2, 0) is 0 Å². The summed E-state index contributed by atoms with van der Waals surface area (Å²) in [6.07, 6.45) is 15.7. The summed E-state index contributed by atoms with van der Waals surface area (Å²) < 4.78 is 1.03. The number of piperidine rings is 1. The number of nitrogens with zero attached hydrogens (tertiary/aromatic N) is 4. The maximum atomic E-state index is 6.30. The number of hydrogen-bond donors (Lipinski definition) is 2. The van der Waals surface area contributed by atoms with Crippen LogP contribution < -0.4 is 15.5 Å². The number of likely N-dealkylation sites (tertiary alicyclic amines) is 1. The molecule has 0 spiro atoms. The van der Waals surface area contributed by atoms with Gasteiger partial charge in [0.05, 0.1) is 21.2 Å². The van der Waals surface area contributed by atoms with Gasteiger partial charge in [0.1, 0.15) is 5.65 Å². The van der Waals surface area contributed by atoms with Gasteiger partial charge in [-0.05, 0) is 60.8 Å². The molecule has 0 saturated carbocycles. The van der Waals surface area contributed by atoms with E-state index < -0.39 is 0 Å². The van der Waals surface area contributed by atoms with Crippen molar-refractivity contribution >= 4 is 38.3 Å². The molecule has 29 heavy (non-hydrogen) atoms. The summed E-state index contributed by atoms with van der Waals surface area (Å²) in [4.78, 5) is 15.3. The molecule has 5 heterocycles. The lowest BCUT2D eigenvalue weighted by atomic mass is 10.0. The monoisotopic (exact) mass is 456 g/mol. The van der Waals surface area contributed by atoms with Gasteiger partial charge in [0.15, 0.2) is 0 Å². The second kappa shape index (κ2) is 7.78. The van der Waals surface area contributed by atoms with Crippen LogP contribution in [0.1, 0.15) is 25.7 Å². The predicted molar refractivity (Wildman–Crippen MR) is 123 cm³/mol. The van der Waals surface area contributed by atoms with Crippen molar-refractivity contribution in [2.45, 2.75) is 37.8 Å². The highest BCUT2D eigenvalue weighted by atomic mass is 79.9. The number of nitrogens with two attached hydrogens (primary N) is 1. The van der Waals surface area contributed by atoms with E-state index in [1.165, 1.54) is 41.7 Å². The fraction of sp³-hybridized carbons (Fsp3) is 0.500. The van der Waals surface area contributed by atoms with E-state index in [1.807, 2.05) is 6.20 Å². The smallest absolute Gasteiger partial charge is 0.141 e. The normalized spacial score (nSPS) is 25.8. The van der Waals surface area contributed by atoms with E-state index >= 15 is 0 Å². The maximum Gasteiger partial charge on any atom is 0.141 e. The first-order valence-electron chi connectivity index (χ1n) is 10.6. The number of hydrogen-bond acceptors (Lipinski definition) is 5. The van der Waals surface area contributed by atoms with Crippen molar-refractivity contribution in [2.24, 2.45) is 5.73 Å². The fourth-order valence-corrected chi connectivity index (χ4v) is 5.61. The molecule has 0 bridgehead atoms. The predicted octanol–water partition coefficient (Wildman–Crippen LogP) is 3.61. The molecular weight excluding hydrogens is 428 g/mol. The summed E-state index contributed by atoms with van der Waals surface area (Å²) >= 11 is 3.78. The molecule has 6 nitrogen and oxygen atoms in total. The average Bonchev–Trinajstić information content (AvgIpc) is 3.34. The van der Waals surface area contributed by atoms with E-state index in [-0.39, 0.29) is 6.04 Å². The average molecular weight is 457 g/mol.